The topological polar surface area (TPSA) is 75.6 Å². The lowest BCUT2D eigenvalue weighted by Crippen LogP contribution is -2.27. The average Bonchev–Trinajstić information content (AvgIpc) is 2.92. The second-order valence-electron chi connectivity index (χ2n) is 4.60. The molecular weight excluding hydrogens is 296 g/mol. The lowest BCUT2D eigenvalue weighted by atomic mass is 10.0. The van der Waals surface area contributed by atoms with E-state index in [1.54, 1.807) is 5.51 Å². The summed E-state index contributed by atoms with van der Waals surface area (Å²) in [5.74, 6) is 1.56. The minimum atomic E-state index is 0. The second kappa shape index (κ2) is 6.92. The number of anilines is 2. The fraction of sp³-hybridized carbons (Fsp3) is 0.500. The van der Waals surface area contributed by atoms with Crippen molar-refractivity contribution in [2.45, 2.75) is 32.2 Å². The molecule has 1 aliphatic heterocycles. The number of nitrogens with zero attached hydrogens (tertiary/aromatic N) is 4. The van der Waals surface area contributed by atoms with E-state index in [0.29, 0.717) is 6.04 Å². The molecule has 108 valence electrons. The largest absolute Gasteiger partial charge is 0.315 e. The summed E-state index contributed by atoms with van der Waals surface area (Å²) in [7, 11) is 0. The van der Waals surface area contributed by atoms with E-state index in [1.807, 2.05) is 13.0 Å². The molecule has 3 rings (SSSR count). The van der Waals surface area contributed by atoms with E-state index in [9.17, 15) is 0 Å². The Morgan fingerprint density at radius 3 is 2.95 bits per heavy atom. The van der Waals surface area contributed by atoms with E-state index in [-0.39, 0.29) is 12.4 Å². The Morgan fingerprint density at radius 2 is 2.25 bits per heavy atom. The molecule has 1 fully saturated rings. The van der Waals surface area contributed by atoms with E-state index in [2.05, 4.69) is 30.8 Å². The summed E-state index contributed by atoms with van der Waals surface area (Å²) in [4.78, 5) is 8.93. The average molecular weight is 313 g/mol. The van der Waals surface area contributed by atoms with Crippen LogP contribution in [0.5, 0.6) is 0 Å². The summed E-state index contributed by atoms with van der Waals surface area (Å²) < 4.78 is 0. The maximum Gasteiger partial charge on any atom is 0.210 e. The Bertz CT molecular complexity index is 541. The standard InChI is InChI=1S/C12H16N6S.ClH/c1-8-15-10(9-4-2-3-5-13-9)6-11(16-8)17-12-18-14-7-19-12;/h6-7,9,13H,2-5H2,1H3,(H,15,16,17,18);1H. The van der Waals surface area contributed by atoms with Crippen LogP contribution in [0.1, 0.15) is 36.8 Å². The zero-order chi connectivity index (χ0) is 13.1. The number of aryl methyl sites for hydroxylation is 1. The third-order valence-electron chi connectivity index (χ3n) is 3.12. The van der Waals surface area contributed by atoms with Gasteiger partial charge >= 0.3 is 0 Å². The Hall–Kier alpha value is -1.31. The summed E-state index contributed by atoms with van der Waals surface area (Å²) in [6.45, 7) is 2.98. The molecule has 2 aromatic rings. The molecular formula is C12H17ClN6S. The van der Waals surface area contributed by atoms with Crippen molar-refractivity contribution in [2.75, 3.05) is 11.9 Å². The molecule has 1 atom stereocenters. The highest BCUT2D eigenvalue weighted by molar-refractivity contribution is 7.13. The monoisotopic (exact) mass is 312 g/mol. The first kappa shape index (κ1) is 15.1. The molecule has 1 aliphatic rings. The SMILES string of the molecule is Cc1nc(Nc2nncs2)cc(C2CCCCN2)n1.Cl. The van der Waals surface area contributed by atoms with Crippen molar-refractivity contribution in [2.24, 2.45) is 0 Å². The van der Waals surface area contributed by atoms with Gasteiger partial charge in [-0.1, -0.05) is 17.8 Å². The lowest BCUT2D eigenvalue weighted by molar-refractivity contribution is 0.404. The van der Waals surface area contributed by atoms with Crippen LogP contribution in [0.2, 0.25) is 0 Å². The Kier molecular flexibility index (Phi) is 5.22. The number of halogens is 1. The number of piperidine rings is 1. The van der Waals surface area contributed by atoms with Crippen LogP contribution in [0, 0.1) is 6.92 Å². The first-order valence-electron chi connectivity index (χ1n) is 6.43. The zero-order valence-corrected chi connectivity index (χ0v) is 12.8. The van der Waals surface area contributed by atoms with Crippen molar-refractivity contribution in [3.63, 3.8) is 0 Å². The molecule has 0 saturated carbocycles. The van der Waals surface area contributed by atoms with Gasteiger partial charge in [-0.25, -0.2) is 9.97 Å². The molecule has 1 unspecified atom stereocenters. The molecule has 0 aromatic carbocycles. The predicted molar refractivity (Wildman–Crippen MR) is 81.8 cm³/mol. The highest BCUT2D eigenvalue weighted by Crippen LogP contribution is 2.24. The van der Waals surface area contributed by atoms with E-state index in [1.165, 1.54) is 24.2 Å². The van der Waals surface area contributed by atoms with Gasteiger partial charge in [-0.15, -0.1) is 22.6 Å². The van der Waals surface area contributed by atoms with E-state index >= 15 is 0 Å². The summed E-state index contributed by atoms with van der Waals surface area (Å²) in [6, 6.07) is 2.34. The molecule has 8 heteroatoms. The van der Waals surface area contributed by atoms with Gasteiger partial charge in [0.1, 0.15) is 17.2 Å². The molecule has 3 heterocycles. The first-order chi connectivity index (χ1) is 9.31. The molecule has 0 radical (unpaired) electrons. The maximum absolute atomic E-state index is 4.54. The number of aromatic nitrogens is 4. The van der Waals surface area contributed by atoms with Crippen LogP contribution in [-0.4, -0.2) is 26.7 Å². The molecule has 0 amide bonds. The fourth-order valence-electron chi connectivity index (χ4n) is 2.27. The van der Waals surface area contributed by atoms with Crippen LogP contribution < -0.4 is 10.6 Å². The van der Waals surface area contributed by atoms with Crippen molar-refractivity contribution in [1.82, 2.24) is 25.5 Å². The van der Waals surface area contributed by atoms with Gasteiger partial charge in [0.05, 0.1) is 5.69 Å². The van der Waals surface area contributed by atoms with Crippen LogP contribution in [-0.2, 0) is 0 Å². The zero-order valence-electron chi connectivity index (χ0n) is 11.2. The number of nitrogens with one attached hydrogen (secondary N) is 2. The van der Waals surface area contributed by atoms with Gasteiger partial charge in [-0.05, 0) is 26.3 Å². The molecule has 2 N–H and O–H groups in total. The molecule has 2 aromatic heterocycles. The van der Waals surface area contributed by atoms with Crippen LogP contribution in [0.15, 0.2) is 11.6 Å². The normalized spacial score (nSPS) is 18.4. The minimum absolute atomic E-state index is 0. The summed E-state index contributed by atoms with van der Waals surface area (Å²) in [5.41, 5.74) is 2.75. The molecule has 6 nitrogen and oxygen atoms in total. The summed E-state index contributed by atoms with van der Waals surface area (Å²) in [5, 5.41) is 15.2. The smallest absolute Gasteiger partial charge is 0.210 e. The first-order valence-corrected chi connectivity index (χ1v) is 7.31. The van der Waals surface area contributed by atoms with Crippen molar-refractivity contribution in [1.29, 1.82) is 0 Å². The van der Waals surface area contributed by atoms with Gasteiger partial charge in [0.25, 0.3) is 0 Å². The van der Waals surface area contributed by atoms with Gasteiger partial charge in [0, 0.05) is 12.1 Å². The van der Waals surface area contributed by atoms with Crippen molar-refractivity contribution < 1.29 is 0 Å². The van der Waals surface area contributed by atoms with Crippen molar-refractivity contribution in [3.8, 4) is 0 Å². The second-order valence-corrected chi connectivity index (χ2v) is 5.43. The van der Waals surface area contributed by atoms with Gasteiger partial charge in [-0.2, -0.15) is 0 Å². The van der Waals surface area contributed by atoms with E-state index < -0.39 is 0 Å². The highest BCUT2D eigenvalue weighted by atomic mass is 35.5. The van der Waals surface area contributed by atoms with E-state index in [0.717, 1.165) is 35.4 Å². The van der Waals surface area contributed by atoms with Crippen LogP contribution in [0.4, 0.5) is 10.9 Å². The minimum Gasteiger partial charge on any atom is -0.315 e. The summed E-state index contributed by atoms with van der Waals surface area (Å²) in [6.07, 6.45) is 3.63. The number of hydrogen-bond acceptors (Lipinski definition) is 7. The molecule has 20 heavy (non-hydrogen) atoms. The van der Waals surface area contributed by atoms with Crippen molar-refractivity contribution in [3.05, 3.63) is 23.1 Å². The third-order valence-corrected chi connectivity index (χ3v) is 3.73. The fourth-order valence-corrected chi connectivity index (χ4v) is 2.73. The summed E-state index contributed by atoms with van der Waals surface area (Å²) >= 11 is 1.46. The molecule has 0 aliphatic carbocycles. The Labute approximate surface area is 127 Å². The van der Waals surface area contributed by atoms with Crippen molar-refractivity contribution >= 4 is 34.7 Å². The van der Waals surface area contributed by atoms with Gasteiger partial charge in [0.2, 0.25) is 5.13 Å². The quantitative estimate of drug-likeness (QED) is 0.907. The molecule has 0 bridgehead atoms. The predicted octanol–water partition coefficient (Wildman–Crippen LogP) is 2.62. The Balaban J connectivity index is 0.00000147. The van der Waals surface area contributed by atoms with Crippen LogP contribution >= 0.6 is 23.7 Å². The van der Waals surface area contributed by atoms with Crippen LogP contribution in [0.25, 0.3) is 0 Å². The van der Waals surface area contributed by atoms with Gasteiger partial charge in [0.15, 0.2) is 0 Å². The third kappa shape index (κ3) is 3.62. The number of rotatable bonds is 3. The van der Waals surface area contributed by atoms with E-state index in [4.69, 9.17) is 0 Å². The van der Waals surface area contributed by atoms with Gasteiger partial charge < -0.3 is 10.6 Å². The number of hydrogen-bond donors (Lipinski definition) is 2. The maximum atomic E-state index is 4.54. The molecule has 0 spiro atoms. The Morgan fingerprint density at radius 1 is 1.35 bits per heavy atom. The van der Waals surface area contributed by atoms with Crippen LogP contribution in [0.3, 0.4) is 0 Å². The van der Waals surface area contributed by atoms with Gasteiger partial charge in [-0.3, -0.25) is 0 Å². The molecule has 1 saturated heterocycles. The highest BCUT2D eigenvalue weighted by Gasteiger charge is 2.17. The lowest BCUT2D eigenvalue weighted by Gasteiger charge is -2.23.